The van der Waals surface area contributed by atoms with Crippen LogP contribution in [0.1, 0.15) is 21.5 Å². The fourth-order valence-corrected chi connectivity index (χ4v) is 5.69. The van der Waals surface area contributed by atoms with Crippen molar-refractivity contribution in [2.24, 2.45) is 0 Å². The van der Waals surface area contributed by atoms with Crippen LogP contribution in [0, 0.1) is 13.8 Å². The lowest BCUT2D eigenvalue weighted by molar-refractivity contribution is 0.0985. The first-order valence-electron chi connectivity index (χ1n) is 11.2. The molecule has 10 heteroatoms. The molecule has 0 saturated carbocycles. The molecule has 0 aliphatic heterocycles. The Morgan fingerprint density at radius 3 is 2.33 bits per heavy atom. The van der Waals surface area contributed by atoms with E-state index in [4.69, 9.17) is 4.98 Å². The molecule has 1 N–H and O–H groups in total. The van der Waals surface area contributed by atoms with Crippen LogP contribution < -0.4 is 9.62 Å². The van der Waals surface area contributed by atoms with Crippen LogP contribution in [0.5, 0.6) is 0 Å². The van der Waals surface area contributed by atoms with Crippen molar-refractivity contribution in [1.29, 1.82) is 0 Å². The third-order valence-corrected chi connectivity index (χ3v) is 8.09. The van der Waals surface area contributed by atoms with Crippen molar-refractivity contribution in [3.63, 3.8) is 0 Å². The number of aromatic nitrogens is 1. The number of nitrogens with zero attached hydrogens (tertiary/aromatic N) is 3. The molecule has 0 radical (unpaired) electrons. The van der Waals surface area contributed by atoms with Gasteiger partial charge in [0.25, 0.3) is 15.9 Å². The van der Waals surface area contributed by atoms with Gasteiger partial charge in [-0.05, 0) is 81.5 Å². The first-order chi connectivity index (χ1) is 16.6. The molecule has 7 nitrogen and oxygen atoms in total. The summed E-state index contributed by atoms with van der Waals surface area (Å²) < 4.78 is 29.1. The molecule has 36 heavy (non-hydrogen) atoms. The van der Waals surface area contributed by atoms with Gasteiger partial charge in [-0.15, -0.1) is 12.4 Å². The highest BCUT2D eigenvalue weighted by molar-refractivity contribution is 7.92. The molecule has 0 unspecified atom stereocenters. The summed E-state index contributed by atoms with van der Waals surface area (Å²) in [4.78, 5) is 22.2. The van der Waals surface area contributed by atoms with E-state index in [0.29, 0.717) is 29.5 Å². The number of carbonyl (C=O) groups is 1. The zero-order valence-electron chi connectivity index (χ0n) is 20.6. The van der Waals surface area contributed by atoms with Crippen LogP contribution in [-0.2, 0) is 10.0 Å². The molecule has 0 atom stereocenters. The number of benzene rings is 3. The van der Waals surface area contributed by atoms with Crippen LogP contribution in [0.3, 0.4) is 0 Å². The first-order valence-corrected chi connectivity index (χ1v) is 13.5. The Hall–Kier alpha value is -2.98. The summed E-state index contributed by atoms with van der Waals surface area (Å²) in [5.41, 5.74) is 3.89. The quantitative estimate of drug-likeness (QED) is 0.323. The lowest BCUT2D eigenvalue weighted by Crippen LogP contribution is -2.36. The number of halogens is 1. The number of aryl methyl sites for hydroxylation is 2. The number of sulfonamides is 1. The van der Waals surface area contributed by atoms with Crippen molar-refractivity contribution in [3.05, 3.63) is 83.4 Å². The summed E-state index contributed by atoms with van der Waals surface area (Å²) in [7, 11) is 0.135. The predicted molar refractivity (Wildman–Crippen MR) is 150 cm³/mol. The largest absolute Gasteiger partial charge is 0.308 e. The summed E-state index contributed by atoms with van der Waals surface area (Å²) in [6, 6.07) is 18.8. The van der Waals surface area contributed by atoms with E-state index in [1.165, 1.54) is 29.0 Å². The second-order valence-electron chi connectivity index (χ2n) is 8.66. The first kappa shape index (κ1) is 27.6. The number of amides is 1. The molecular formula is C26H29ClN4O3S2. The van der Waals surface area contributed by atoms with Crippen molar-refractivity contribution in [2.75, 3.05) is 36.8 Å². The molecule has 0 spiro atoms. The van der Waals surface area contributed by atoms with E-state index >= 15 is 0 Å². The van der Waals surface area contributed by atoms with Crippen molar-refractivity contribution < 1.29 is 13.2 Å². The van der Waals surface area contributed by atoms with E-state index in [-0.39, 0.29) is 23.2 Å². The van der Waals surface area contributed by atoms with E-state index in [0.717, 1.165) is 15.8 Å². The van der Waals surface area contributed by atoms with Crippen LogP contribution in [-0.4, -0.2) is 51.4 Å². The highest BCUT2D eigenvalue weighted by atomic mass is 35.5. The Bertz CT molecular complexity index is 1430. The minimum Gasteiger partial charge on any atom is -0.308 e. The minimum absolute atomic E-state index is 0. The second-order valence-corrected chi connectivity index (χ2v) is 11.4. The number of hydrogen-bond acceptors (Lipinski definition) is 6. The molecule has 3 aromatic carbocycles. The van der Waals surface area contributed by atoms with Crippen molar-refractivity contribution in [1.82, 2.24) is 9.88 Å². The third-order valence-electron chi connectivity index (χ3n) is 5.65. The maximum atomic E-state index is 13.7. The van der Waals surface area contributed by atoms with Gasteiger partial charge in [-0.3, -0.25) is 14.4 Å². The average Bonchev–Trinajstić information content (AvgIpc) is 3.21. The molecule has 0 saturated heterocycles. The highest BCUT2D eigenvalue weighted by Crippen LogP contribution is 2.32. The van der Waals surface area contributed by atoms with Gasteiger partial charge in [0.15, 0.2) is 5.13 Å². The standard InChI is InChI=1S/C26H28N4O3S2.ClH/c1-18-15-23-24(16-19(18)2)34-26(27-23)30(14-13-29(3)4)25(31)20-9-8-10-21(17-20)28-35(32,33)22-11-6-5-7-12-22;/h5-12,15-17,28H,13-14H2,1-4H3;1H. The highest BCUT2D eigenvalue weighted by Gasteiger charge is 2.23. The number of carbonyl (C=O) groups excluding carboxylic acids is 1. The number of fused-ring (bicyclic) bond motifs is 1. The average molecular weight is 545 g/mol. The predicted octanol–water partition coefficient (Wildman–Crippen LogP) is 5.34. The van der Waals surface area contributed by atoms with Gasteiger partial charge in [0.1, 0.15) is 0 Å². The smallest absolute Gasteiger partial charge is 0.261 e. The Balaban J connectivity index is 0.00000361. The van der Waals surface area contributed by atoms with Gasteiger partial charge in [-0.25, -0.2) is 13.4 Å². The fourth-order valence-electron chi connectivity index (χ4n) is 3.55. The fraction of sp³-hybridized carbons (Fsp3) is 0.231. The van der Waals surface area contributed by atoms with Gasteiger partial charge in [0, 0.05) is 24.3 Å². The molecule has 0 aliphatic rings. The van der Waals surface area contributed by atoms with E-state index in [2.05, 4.69) is 17.7 Å². The van der Waals surface area contributed by atoms with Gasteiger partial charge in [-0.2, -0.15) is 0 Å². The van der Waals surface area contributed by atoms with Crippen LogP contribution in [0.15, 0.2) is 71.6 Å². The molecule has 1 amide bonds. The van der Waals surface area contributed by atoms with Crippen LogP contribution in [0.25, 0.3) is 10.2 Å². The van der Waals surface area contributed by atoms with Crippen molar-refractivity contribution in [3.8, 4) is 0 Å². The number of rotatable bonds is 8. The number of hydrogen-bond donors (Lipinski definition) is 1. The summed E-state index contributed by atoms with van der Waals surface area (Å²) >= 11 is 1.48. The minimum atomic E-state index is -3.77. The molecule has 0 aliphatic carbocycles. The van der Waals surface area contributed by atoms with Gasteiger partial charge < -0.3 is 4.90 Å². The SMILES string of the molecule is Cc1cc2nc(N(CCN(C)C)C(=O)c3cccc(NS(=O)(=O)c4ccccc4)c3)sc2cc1C.Cl. The monoisotopic (exact) mass is 544 g/mol. The summed E-state index contributed by atoms with van der Waals surface area (Å²) in [6.45, 7) is 5.21. The van der Waals surface area contributed by atoms with Gasteiger partial charge in [-0.1, -0.05) is 35.6 Å². The van der Waals surface area contributed by atoms with Gasteiger partial charge in [0.2, 0.25) is 0 Å². The molecule has 4 rings (SSSR count). The lowest BCUT2D eigenvalue weighted by Gasteiger charge is -2.22. The number of anilines is 2. The third kappa shape index (κ3) is 6.22. The summed E-state index contributed by atoms with van der Waals surface area (Å²) in [5.74, 6) is -0.236. The maximum Gasteiger partial charge on any atom is 0.261 e. The number of nitrogens with one attached hydrogen (secondary N) is 1. The Morgan fingerprint density at radius 2 is 1.64 bits per heavy atom. The van der Waals surface area contributed by atoms with Crippen LogP contribution >= 0.6 is 23.7 Å². The number of likely N-dealkylation sites (N-methyl/N-ethyl adjacent to an activating group) is 1. The van der Waals surface area contributed by atoms with Crippen molar-refractivity contribution >= 4 is 60.7 Å². The topological polar surface area (TPSA) is 82.6 Å². The van der Waals surface area contributed by atoms with E-state index in [1.54, 1.807) is 47.4 Å². The van der Waals surface area contributed by atoms with E-state index in [9.17, 15) is 13.2 Å². The summed E-state index contributed by atoms with van der Waals surface area (Å²) in [6.07, 6.45) is 0. The molecular weight excluding hydrogens is 516 g/mol. The van der Waals surface area contributed by atoms with Gasteiger partial charge in [0.05, 0.1) is 15.1 Å². The van der Waals surface area contributed by atoms with E-state index in [1.807, 2.05) is 32.0 Å². The zero-order valence-corrected chi connectivity index (χ0v) is 23.0. The van der Waals surface area contributed by atoms with E-state index < -0.39 is 10.0 Å². The normalized spacial score (nSPS) is 11.4. The van der Waals surface area contributed by atoms with Crippen LogP contribution in [0.2, 0.25) is 0 Å². The Morgan fingerprint density at radius 1 is 0.944 bits per heavy atom. The van der Waals surface area contributed by atoms with Crippen molar-refractivity contribution in [2.45, 2.75) is 18.7 Å². The maximum absolute atomic E-state index is 13.7. The van der Waals surface area contributed by atoms with Gasteiger partial charge >= 0.3 is 0 Å². The van der Waals surface area contributed by atoms with Crippen LogP contribution in [0.4, 0.5) is 10.8 Å². The molecule has 0 bridgehead atoms. The molecule has 190 valence electrons. The molecule has 4 aromatic rings. The second kappa shape index (κ2) is 11.4. The Labute approximate surface area is 222 Å². The molecule has 1 heterocycles. The summed E-state index contributed by atoms with van der Waals surface area (Å²) in [5, 5.41) is 0.618. The Kier molecular flexibility index (Phi) is 8.73. The number of thiazole rings is 1. The lowest BCUT2D eigenvalue weighted by atomic mass is 10.1. The molecule has 0 fully saturated rings. The zero-order chi connectivity index (χ0) is 25.2. The molecule has 1 aromatic heterocycles.